The highest BCUT2D eigenvalue weighted by Crippen LogP contribution is 2.31. The summed E-state index contributed by atoms with van der Waals surface area (Å²) in [6, 6.07) is 12.7. The van der Waals surface area contributed by atoms with Crippen molar-refractivity contribution in [3.8, 4) is 11.5 Å². The van der Waals surface area contributed by atoms with E-state index in [-0.39, 0.29) is 18.0 Å². The van der Waals surface area contributed by atoms with Crippen LogP contribution in [0, 0.1) is 0 Å². The molecule has 2 rings (SSSR count). The lowest BCUT2D eigenvalue weighted by Gasteiger charge is -2.20. The van der Waals surface area contributed by atoms with Crippen LogP contribution in [-0.4, -0.2) is 44.1 Å². The molecule has 0 heterocycles. The van der Waals surface area contributed by atoms with Crippen LogP contribution in [0.2, 0.25) is 0 Å². The number of ether oxygens (including phenoxy) is 2. The van der Waals surface area contributed by atoms with Gasteiger partial charge in [0.05, 0.1) is 14.2 Å². The van der Waals surface area contributed by atoms with Crippen LogP contribution in [0.4, 0.5) is 4.79 Å². The molecule has 0 aliphatic carbocycles. The molecule has 2 aromatic rings. The van der Waals surface area contributed by atoms with Gasteiger partial charge in [0.1, 0.15) is 0 Å². The first-order valence-corrected chi connectivity index (χ1v) is 9.44. The van der Waals surface area contributed by atoms with Crippen molar-refractivity contribution in [2.24, 2.45) is 0 Å². The SMILES string of the molecule is COc1cccc(CN(C)C(=O)c2ccc(CNC(=O)NC(C)C)cc2)c1OC. The van der Waals surface area contributed by atoms with Crippen molar-refractivity contribution in [1.29, 1.82) is 0 Å². The van der Waals surface area contributed by atoms with E-state index in [9.17, 15) is 9.59 Å². The second-order valence-corrected chi connectivity index (χ2v) is 6.99. The summed E-state index contributed by atoms with van der Waals surface area (Å²) in [5.41, 5.74) is 2.35. The lowest BCUT2D eigenvalue weighted by molar-refractivity contribution is 0.0784. The Balaban J connectivity index is 2.00. The number of carbonyl (C=O) groups excluding carboxylic acids is 2. The summed E-state index contributed by atoms with van der Waals surface area (Å²) < 4.78 is 10.8. The lowest BCUT2D eigenvalue weighted by atomic mass is 10.1. The number of hydrogen-bond donors (Lipinski definition) is 2. The predicted octanol–water partition coefficient (Wildman–Crippen LogP) is 3.18. The Hall–Kier alpha value is -3.22. The third kappa shape index (κ3) is 6.14. The van der Waals surface area contributed by atoms with E-state index in [1.54, 1.807) is 38.3 Å². The highest BCUT2D eigenvalue weighted by Gasteiger charge is 2.16. The number of hydrogen-bond acceptors (Lipinski definition) is 4. The maximum absolute atomic E-state index is 12.8. The van der Waals surface area contributed by atoms with Gasteiger partial charge in [0.25, 0.3) is 5.91 Å². The van der Waals surface area contributed by atoms with Gasteiger partial charge < -0.3 is 25.0 Å². The Kier molecular flexibility index (Phi) is 7.88. The number of urea groups is 1. The molecule has 0 aliphatic rings. The number of amides is 3. The minimum atomic E-state index is -0.216. The van der Waals surface area contributed by atoms with E-state index in [2.05, 4.69) is 10.6 Å². The topological polar surface area (TPSA) is 79.9 Å². The van der Waals surface area contributed by atoms with Gasteiger partial charge in [-0.3, -0.25) is 4.79 Å². The monoisotopic (exact) mass is 399 g/mol. The largest absolute Gasteiger partial charge is 0.493 e. The molecular weight excluding hydrogens is 370 g/mol. The summed E-state index contributed by atoms with van der Waals surface area (Å²) in [5, 5.41) is 5.55. The third-order valence-corrected chi connectivity index (χ3v) is 4.31. The molecule has 2 N–H and O–H groups in total. The summed E-state index contributed by atoms with van der Waals surface area (Å²) in [6.45, 7) is 4.58. The van der Waals surface area contributed by atoms with Crippen molar-refractivity contribution < 1.29 is 19.1 Å². The van der Waals surface area contributed by atoms with Crippen LogP contribution in [0.1, 0.15) is 35.3 Å². The number of methoxy groups -OCH3 is 2. The number of nitrogens with one attached hydrogen (secondary N) is 2. The summed E-state index contributed by atoms with van der Waals surface area (Å²) >= 11 is 0. The van der Waals surface area contributed by atoms with Gasteiger partial charge in [0.15, 0.2) is 11.5 Å². The van der Waals surface area contributed by atoms with E-state index in [4.69, 9.17) is 9.47 Å². The predicted molar refractivity (Wildman–Crippen MR) is 112 cm³/mol. The molecule has 29 heavy (non-hydrogen) atoms. The molecule has 0 bridgehead atoms. The molecule has 0 saturated heterocycles. The minimum absolute atomic E-state index is 0.0775. The van der Waals surface area contributed by atoms with Gasteiger partial charge in [-0.15, -0.1) is 0 Å². The zero-order valence-electron chi connectivity index (χ0n) is 17.6. The molecule has 0 atom stereocenters. The molecule has 2 aromatic carbocycles. The Morgan fingerprint density at radius 1 is 1.03 bits per heavy atom. The molecule has 0 radical (unpaired) electrons. The number of rotatable bonds is 8. The minimum Gasteiger partial charge on any atom is -0.493 e. The van der Waals surface area contributed by atoms with Crippen molar-refractivity contribution in [1.82, 2.24) is 15.5 Å². The lowest BCUT2D eigenvalue weighted by Crippen LogP contribution is -2.39. The van der Waals surface area contributed by atoms with Crippen LogP contribution in [0.15, 0.2) is 42.5 Å². The van der Waals surface area contributed by atoms with Gasteiger partial charge in [0, 0.05) is 37.3 Å². The van der Waals surface area contributed by atoms with Gasteiger partial charge in [-0.05, 0) is 37.6 Å². The standard InChI is InChI=1S/C22H29N3O4/c1-15(2)24-22(27)23-13-16-9-11-17(12-10-16)21(26)25(3)14-18-7-6-8-19(28-4)20(18)29-5/h6-12,15H,13-14H2,1-5H3,(H2,23,24,27). The zero-order chi connectivity index (χ0) is 21.4. The molecule has 0 aromatic heterocycles. The Labute approximate surface area is 172 Å². The molecule has 0 aliphatic heterocycles. The van der Waals surface area contributed by atoms with Crippen LogP contribution in [0.25, 0.3) is 0 Å². The quantitative estimate of drug-likeness (QED) is 0.715. The first-order valence-electron chi connectivity index (χ1n) is 9.44. The fourth-order valence-corrected chi connectivity index (χ4v) is 2.89. The van der Waals surface area contributed by atoms with Gasteiger partial charge in [-0.25, -0.2) is 4.79 Å². The molecule has 0 spiro atoms. The smallest absolute Gasteiger partial charge is 0.315 e. The van der Waals surface area contributed by atoms with E-state index >= 15 is 0 Å². The van der Waals surface area contributed by atoms with Crippen LogP contribution < -0.4 is 20.1 Å². The maximum atomic E-state index is 12.8. The normalized spacial score (nSPS) is 10.4. The van der Waals surface area contributed by atoms with Crippen molar-refractivity contribution in [3.63, 3.8) is 0 Å². The molecule has 7 heteroatoms. The maximum Gasteiger partial charge on any atom is 0.315 e. The fourth-order valence-electron chi connectivity index (χ4n) is 2.89. The number of carbonyl (C=O) groups is 2. The molecule has 156 valence electrons. The van der Waals surface area contributed by atoms with Crippen LogP contribution in [0.3, 0.4) is 0 Å². The van der Waals surface area contributed by atoms with Crippen molar-refractivity contribution in [3.05, 3.63) is 59.2 Å². The fraction of sp³-hybridized carbons (Fsp3) is 0.364. The highest BCUT2D eigenvalue weighted by atomic mass is 16.5. The zero-order valence-corrected chi connectivity index (χ0v) is 17.6. The van der Waals surface area contributed by atoms with Crippen LogP contribution >= 0.6 is 0 Å². The molecule has 0 unspecified atom stereocenters. The average Bonchev–Trinajstić information content (AvgIpc) is 2.71. The molecule has 0 fully saturated rings. The van der Waals surface area contributed by atoms with Crippen molar-refractivity contribution in [2.75, 3.05) is 21.3 Å². The number of para-hydroxylation sites is 1. The summed E-state index contributed by atoms with van der Waals surface area (Å²) in [7, 11) is 4.91. The summed E-state index contributed by atoms with van der Waals surface area (Å²) in [4.78, 5) is 26.1. The van der Waals surface area contributed by atoms with E-state index in [1.807, 2.05) is 44.2 Å². The Morgan fingerprint density at radius 3 is 2.31 bits per heavy atom. The molecule has 0 saturated carbocycles. The number of nitrogens with zero attached hydrogens (tertiary/aromatic N) is 1. The Bertz CT molecular complexity index is 834. The summed E-state index contributed by atoms with van der Waals surface area (Å²) in [5.74, 6) is 1.15. The average molecular weight is 399 g/mol. The van der Waals surface area contributed by atoms with Gasteiger partial charge in [-0.2, -0.15) is 0 Å². The second-order valence-electron chi connectivity index (χ2n) is 6.99. The van der Waals surface area contributed by atoms with Gasteiger partial charge in [-0.1, -0.05) is 24.3 Å². The molecular formula is C22H29N3O4. The van der Waals surface area contributed by atoms with E-state index < -0.39 is 0 Å². The highest BCUT2D eigenvalue weighted by molar-refractivity contribution is 5.94. The summed E-state index contributed by atoms with van der Waals surface area (Å²) in [6.07, 6.45) is 0. The van der Waals surface area contributed by atoms with Crippen molar-refractivity contribution >= 4 is 11.9 Å². The van der Waals surface area contributed by atoms with E-state index in [1.165, 1.54) is 0 Å². The molecule has 3 amide bonds. The first kappa shape index (κ1) is 22.1. The van der Waals surface area contributed by atoms with Crippen LogP contribution in [-0.2, 0) is 13.1 Å². The molecule has 7 nitrogen and oxygen atoms in total. The van der Waals surface area contributed by atoms with E-state index in [0.29, 0.717) is 30.2 Å². The van der Waals surface area contributed by atoms with Crippen molar-refractivity contribution in [2.45, 2.75) is 33.0 Å². The second kappa shape index (κ2) is 10.4. The first-order chi connectivity index (χ1) is 13.8. The van der Waals surface area contributed by atoms with Crippen LogP contribution in [0.5, 0.6) is 11.5 Å². The van der Waals surface area contributed by atoms with E-state index in [0.717, 1.165) is 11.1 Å². The van der Waals surface area contributed by atoms with Gasteiger partial charge >= 0.3 is 6.03 Å². The Morgan fingerprint density at radius 2 is 1.72 bits per heavy atom. The van der Waals surface area contributed by atoms with Gasteiger partial charge in [0.2, 0.25) is 0 Å². The third-order valence-electron chi connectivity index (χ3n) is 4.31. The number of benzene rings is 2.